The maximum atomic E-state index is 11.9. The molecule has 1 amide bonds. The summed E-state index contributed by atoms with van der Waals surface area (Å²) in [5.74, 6) is -0.268. The van der Waals surface area contributed by atoms with Crippen molar-refractivity contribution in [1.29, 1.82) is 0 Å². The first-order chi connectivity index (χ1) is 7.86. The minimum atomic E-state index is -0.672. The number of nitrogens with two attached hydrogens (primary N) is 1. The third-order valence-electron chi connectivity index (χ3n) is 2.62. The predicted octanol–water partition coefficient (Wildman–Crippen LogP) is 0.533. The van der Waals surface area contributed by atoms with Gasteiger partial charge in [-0.3, -0.25) is 4.79 Å². The van der Waals surface area contributed by atoms with Gasteiger partial charge in [-0.1, -0.05) is 0 Å². The Morgan fingerprint density at radius 1 is 1.71 bits per heavy atom. The molecule has 0 aromatic carbocycles. The molecule has 0 bridgehead atoms. The molecule has 4 N–H and O–H groups in total. The maximum Gasteiger partial charge on any atom is 0.271 e. The molecule has 5 nitrogen and oxygen atoms in total. The molecule has 96 valence electrons. The van der Waals surface area contributed by atoms with Gasteiger partial charge in [-0.05, 0) is 27.3 Å². The van der Waals surface area contributed by atoms with Gasteiger partial charge in [0.2, 0.25) is 0 Å². The SMILES string of the molecule is CC(O)C(C)(C)NC(=O)c1csc(CCN)n1. The van der Waals surface area contributed by atoms with Crippen molar-refractivity contribution in [2.24, 2.45) is 5.73 Å². The van der Waals surface area contributed by atoms with E-state index in [1.165, 1.54) is 11.3 Å². The molecule has 1 rings (SSSR count). The molecule has 0 fully saturated rings. The number of carbonyl (C=O) groups is 1. The average Bonchev–Trinajstić information content (AvgIpc) is 2.66. The Kier molecular flexibility index (Phi) is 4.62. The first-order valence-corrected chi connectivity index (χ1v) is 6.40. The number of aliphatic hydroxyl groups excluding tert-OH is 1. The van der Waals surface area contributed by atoms with Crippen molar-refractivity contribution in [3.63, 3.8) is 0 Å². The van der Waals surface area contributed by atoms with Crippen molar-refractivity contribution < 1.29 is 9.90 Å². The van der Waals surface area contributed by atoms with Crippen LogP contribution in [0.5, 0.6) is 0 Å². The summed E-state index contributed by atoms with van der Waals surface area (Å²) in [5.41, 5.74) is 5.13. The van der Waals surface area contributed by atoms with Gasteiger partial charge in [0, 0.05) is 11.8 Å². The Hall–Kier alpha value is -0.980. The van der Waals surface area contributed by atoms with E-state index in [0.717, 1.165) is 5.01 Å². The van der Waals surface area contributed by atoms with E-state index in [1.54, 1.807) is 26.2 Å². The molecule has 1 aromatic rings. The zero-order valence-electron chi connectivity index (χ0n) is 10.4. The van der Waals surface area contributed by atoms with Crippen molar-refractivity contribution in [1.82, 2.24) is 10.3 Å². The summed E-state index contributed by atoms with van der Waals surface area (Å²) in [6.07, 6.45) is 0.0474. The van der Waals surface area contributed by atoms with Gasteiger partial charge in [0.15, 0.2) is 0 Å². The van der Waals surface area contributed by atoms with Crippen LogP contribution in [0.1, 0.15) is 36.3 Å². The number of rotatable bonds is 5. The van der Waals surface area contributed by atoms with Crippen LogP contribution >= 0.6 is 11.3 Å². The molecule has 1 atom stereocenters. The molecule has 0 spiro atoms. The molecule has 0 aliphatic heterocycles. The van der Waals surface area contributed by atoms with Crippen LogP contribution in [0.2, 0.25) is 0 Å². The molecule has 0 saturated carbocycles. The Morgan fingerprint density at radius 3 is 2.88 bits per heavy atom. The van der Waals surface area contributed by atoms with Gasteiger partial charge in [-0.15, -0.1) is 11.3 Å². The lowest BCUT2D eigenvalue weighted by molar-refractivity contribution is 0.0706. The van der Waals surface area contributed by atoms with Crippen LogP contribution in [0.25, 0.3) is 0 Å². The van der Waals surface area contributed by atoms with Gasteiger partial charge >= 0.3 is 0 Å². The van der Waals surface area contributed by atoms with Crippen molar-refractivity contribution in [2.45, 2.75) is 38.8 Å². The second kappa shape index (κ2) is 5.57. The largest absolute Gasteiger partial charge is 0.391 e. The summed E-state index contributed by atoms with van der Waals surface area (Å²) in [5, 5.41) is 14.8. The van der Waals surface area contributed by atoms with Crippen LogP contribution in [0.15, 0.2) is 5.38 Å². The number of aromatic nitrogens is 1. The third-order valence-corrected chi connectivity index (χ3v) is 3.53. The topological polar surface area (TPSA) is 88.2 Å². The van der Waals surface area contributed by atoms with Gasteiger partial charge in [0.05, 0.1) is 16.7 Å². The van der Waals surface area contributed by atoms with E-state index < -0.39 is 11.6 Å². The second-order valence-corrected chi connectivity index (χ2v) is 5.46. The van der Waals surface area contributed by atoms with Crippen molar-refractivity contribution in [2.75, 3.05) is 6.54 Å². The zero-order valence-corrected chi connectivity index (χ0v) is 11.2. The lowest BCUT2D eigenvalue weighted by Gasteiger charge is -2.28. The highest BCUT2D eigenvalue weighted by molar-refractivity contribution is 7.09. The summed E-state index contributed by atoms with van der Waals surface area (Å²) in [6, 6.07) is 0. The monoisotopic (exact) mass is 257 g/mol. The molecular weight excluding hydrogens is 238 g/mol. The number of nitrogens with one attached hydrogen (secondary N) is 1. The zero-order chi connectivity index (χ0) is 13.1. The minimum absolute atomic E-state index is 0.268. The van der Waals surface area contributed by atoms with Crippen molar-refractivity contribution in [3.05, 3.63) is 16.1 Å². The second-order valence-electron chi connectivity index (χ2n) is 4.52. The molecule has 0 aliphatic carbocycles. The summed E-state index contributed by atoms with van der Waals surface area (Å²) in [4.78, 5) is 16.1. The quantitative estimate of drug-likeness (QED) is 0.718. The smallest absolute Gasteiger partial charge is 0.271 e. The molecule has 17 heavy (non-hydrogen) atoms. The van der Waals surface area contributed by atoms with E-state index in [4.69, 9.17) is 5.73 Å². The summed E-state index contributed by atoms with van der Waals surface area (Å²) in [7, 11) is 0. The Balaban J connectivity index is 2.69. The normalized spacial score (nSPS) is 13.5. The fourth-order valence-corrected chi connectivity index (χ4v) is 1.91. The van der Waals surface area contributed by atoms with E-state index in [-0.39, 0.29) is 5.91 Å². The lowest BCUT2D eigenvalue weighted by atomic mass is 9.99. The number of carbonyl (C=O) groups excluding carboxylic acids is 1. The molecule has 1 unspecified atom stereocenters. The Labute approximate surface area is 105 Å². The maximum absolute atomic E-state index is 11.9. The van der Waals surface area contributed by atoms with Crippen LogP contribution in [0.3, 0.4) is 0 Å². The average molecular weight is 257 g/mol. The molecule has 0 aliphatic rings. The standard InChI is InChI=1S/C11H19N3O2S/c1-7(15)11(2,3)14-10(16)8-6-17-9(13-8)4-5-12/h6-7,15H,4-5,12H2,1-3H3,(H,14,16). The van der Waals surface area contributed by atoms with E-state index in [9.17, 15) is 9.90 Å². The fourth-order valence-electron chi connectivity index (χ4n) is 1.11. The van der Waals surface area contributed by atoms with Crippen molar-refractivity contribution >= 4 is 17.2 Å². The lowest BCUT2D eigenvalue weighted by Crippen LogP contribution is -2.51. The third kappa shape index (κ3) is 3.76. The first kappa shape index (κ1) is 14.1. The Bertz CT molecular complexity index is 388. The van der Waals surface area contributed by atoms with Gasteiger partial charge in [0.1, 0.15) is 5.69 Å². The Morgan fingerprint density at radius 2 is 2.35 bits per heavy atom. The van der Waals surface area contributed by atoms with Gasteiger partial charge in [-0.25, -0.2) is 4.98 Å². The number of amides is 1. The molecular formula is C11H19N3O2S. The predicted molar refractivity (Wildman–Crippen MR) is 68.1 cm³/mol. The number of nitrogens with zero attached hydrogens (tertiary/aromatic N) is 1. The van der Waals surface area contributed by atoms with Crippen LogP contribution in [0.4, 0.5) is 0 Å². The van der Waals surface area contributed by atoms with Gasteiger partial charge < -0.3 is 16.2 Å². The van der Waals surface area contributed by atoms with E-state index in [0.29, 0.717) is 18.7 Å². The minimum Gasteiger partial charge on any atom is -0.391 e. The number of hydrogen-bond acceptors (Lipinski definition) is 5. The van der Waals surface area contributed by atoms with Crippen molar-refractivity contribution in [3.8, 4) is 0 Å². The highest BCUT2D eigenvalue weighted by Gasteiger charge is 2.27. The molecule has 6 heteroatoms. The first-order valence-electron chi connectivity index (χ1n) is 5.52. The van der Waals surface area contributed by atoms with E-state index in [2.05, 4.69) is 10.3 Å². The van der Waals surface area contributed by atoms with Gasteiger partial charge in [-0.2, -0.15) is 0 Å². The van der Waals surface area contributed by atoms with Crippen LogP contribution < -0.4 is 11.1 Å². The molecule has 1 heterocycles. The highest BCUT2D eigenvalue weighted by atomic mass is 32.1. The number of hydrogen-bond donors (Lipinski definition) is 3. The summed E-state index contributed by atoms with van der Waals surface area (Å²) >= 11 is 1.42. The van der Waals surface area contributed by atoms with Crippen LogP contribution in [-0.4, -0.2) is 34.2 Å². The molecule has 0 saturated heterocycles. The van der Waals surface area contributed by atoms with Crippen LogP contribution in [0, 0.1) is 0 Å². The van der Waals surface area contributed by atoms with Gasteiger partial charge in [0.25, 0.3) is 5.91 Å². The fraction of sp³-hybridized carbons (Fsp3) is 0.636. The molecule has 1 aromatic heterocycles. The highest BCUT2D eigenvalue weighted by Crippen LogP contribution is 2.13. The summed E-state index contributed by atoms with van der Waals surface area (Å²) < 4.78 is 0. The molecule has 0 radical (unpaired) electrons. The van der Waals surface area contributed by atoms with Crippen LogP contribution in [-0.2, 0) is 6.42 Å². The number of aliphatic hydroxyl groups is 1. The van der Waals surface area contributed by atoms with E-state index >= 15 is 0 Å². The number of thiazole rings is 1. The summed E-state index contributed by atoms with van der Waals surface area (Å²) in [6.45, 7) is 5.69. The van der Waals surface area contributed by atoms with E-state index in [1.807, 2.05) is 0 Å².